The summed E-state index contributed by atoms with van der Waals surface area (Å²) in [6, 6.07) is 0. The molecule has 0 amide bonds. The first-order valence-corrected chi connectivity index (χ1v) is 4.42. The number of hydrogen-bond acceptors (Lipinski definition) is 1. The van der Waals surface area contributed by atoms with Gasteiger partial charge >= 0.3 is 0 Å². The summed E-state index contributed by atoms with van der Waals surface area (Å²) in [5.74, 6) is 1.84. The minimum Gasteiger partial charge on any atom is -0.179 e. The molecule has 0 heterocycles. The van der Waals surface area contributed by atoms with Crippen LogP contribution in [0.4, 0.5) is 0 Å². The van der Waals surface area contributed by atoms with Crippen molar-refractivity contribution in [3.05, 3.63) is 24.3 Å². The minimum atomic E-state index is 0.812. The molecule has 1 atom stereocenters. The Hall–Kier alpha value is -0.170. The average Bonchev–Trinajstić information content (AvgIpc) is 2.05. The fraction of sp³-hybridized carbons (Fsp3) is 0.556. The molecular formula is C9H14S. The smallest absolute Gasteiger partial charge is 0.00664 e. The van der Waals surface area contributed by atoms with E-state index in [0.717, 1.165) is 11.7 Å². The first-order valence-electron chi connectivity index (χ1n) is 3.79. The van der Waals surface area contributed by atoms with Gasteiger partial charge in [0.05, 0.1) is 0 Å². The zero-order valence-electron chi connectivity index (χ0n) is 6.21. The van der Waals surface area contributed by atoms with Crippen LogP contribution >= 0.6 is 12.6 Å². The van der Waals surface area contributed by atoms with Gasteiger partial charge in [0.1, 0.15) is 0 Å². The SMILES string of the molecule is C=CC1=CCC(CS)CC1. The molecule has 0 aromatic heterocycles. The molecule has 0 radical (unpaired) electrons. The molecule has 0 nitrogen and oxygen atoms in total. The maximum absolute atomic E-state index is 4.27. The van der Waals surface area contributed by atoms with E-state index in [0.29, 0.717) is 0 Å². The molecule has 56 valence electrons. The molecule has 10 heavy (non-hydrogen) atoms. The van der Waals surface area contributed by atoms with Crippen LogP contribution in [0.3, 0.4) is 0 Å². The molecule has 0 saturated heterocycles. The summed E-state index contributed by atoms with van der Waals surface area (Å²) in [6.07, 6.45) is 7.95. The molecule has 1 rings (SSSR count). The normalized spacial score (nSPS) is 25.7. The van der Waals surface area contributed by atoms with Gasteiger partial charge in [0.25, 0.3) is 0 Å². The number of thiol groups is 1. The molecule has 0 aliphatic heterocycles. The molecule has 0 bridgehead atoms. The van der Waals surface area contributed by atoms with Crippen molar-refractivity contribution >= 4 is 12.6 Å². The van der Waals surface area contributed by atoms with Crippen LogP contribution in [0.2, 0.25) is 0 Å². The van der Waals surface area contributed by atoms with Crippen molar-refractivity contribution < 1.29 is 0 Å². The topological polar surface area (TPSA) is 0 Å². The van der Waals surface area contributed by atoms with E-state index in [1.807, 2.05) is 6.08 Å². The Bertz CT molecular complexity index is 147. The van der Waals surface area contributed by atoms with Gasteiger partial charge in [0.2, 0.25) is 0 Å². The Kier molecular flexibility index (Phi) is 3.07. The lowest BCUT2D eigenvalue weighted by Crippen LogP contribution is -2.05. The van der Waals surface area contributed by atoms with Crippen molar-refractivity contribution in [2.24, 2.45) is 5.92 Å². The number of hydrogen-bond donors (Lipinski definition) is 1. The molecule has 1 heteroatoms. The van der Waals surface area contributed by atoms with Crippen molar-refractivity contribution in [2.75, 3.05) is 5.75 Å². The van der Waals surface area contributed by atoms with Crippen molar-refractivity contribution in [1.29, 1.82) is 0 Å². The third-order valence-electron chi connectivity index (χ3n) is 2.08. The van der Waals surface area contributed by atoms with Crippen molar-refractivity contribution in [1.82, 2.24) is 0 Å². The van der Waals surface area contributed by atoms with Gasteiger partial charge in [-0.05, 0) is 30.9 Å². The molecule has 1 unspecified atom stereocenters. The summed E-state index contributed by atoms with van der Waals surface area (Å²) in [5, 5.41) is 0. The van der Waals surface area contributed by atoms with Gasteiger partial charge in [-0.2, -0.15) is 12.6 Å². The Morgan fingerprint density at radius 3 is 3.00 bits per heavy atom. The highest BCUT2D eigenvalue weighted by Gasteiger charge is 2.10. The summed E-state index contributed by atoms with van der Waals surface area (Å²) in [6.45, 7) is 3.75. The second-order valence-corrected chi connectivity index (χ2v) is 3.17. The van der Waals surface area contributed by atoms with Crippen LogP contribution in [0, 0.1) is 5.92 Å². The molecule has 0 aromatic carbocycles. The van der Waals surface area contributed by atoms with Gasteiger partial charge in [-0.25, -0.2) is 0 Å². The van der Waals surface area contributed by atoms with E-state index in [9.17, 15) is 0 Å². The Morgan fingerprint density at radius 2 is 2.60 bits per heavy atom. The van der Waals surface area contributed by atoms with E-state index in [2.05, 4.69) is 25.3 Å². The average molecular weight is 154 g/mol. The van der Waals surface area contributed by atoms with Gasteiger partial charge in [-0.15, -0.1) is 0 Å². The molecule has 1 aliphatic carbocycles. The molecule has 1 aliphatic rings. The van der Waals surface area contributed by atoms with E-state index in [1.165, 1.54) is 24.8 Å². The second kappa shape index (κ2) is 3.87. The monoisotopic (exact) mass is 154 g/mol. The Balaban J connectivity index is 2.43. The van der Waals surface area contributed by atoms with Gasteiger partial charge in [0.15, 0.2) is 0 Å². The number of rotatable bonds is 2. The van der Waals surface area contributed by atoms with Gasteiger partial charge in [-0.3, -0.25) is 0 Å². The van der Waals surface area contributed by atoms with E-state index in [1.54, 1.807) is 0 Å². The van der Waals surface area contributed by atoms with E-state index in [-0.39, 0.29) is 0 Å². The largest absolute Gasteiger partial charge is 0.179 e. The summed E-state index contributed by atoms with van der Waals surface area (Å²) in [4.78, 5) is 0. The predicted molar refractivity (Wildman–Crippen MR) is 49.5 cm³/mol. The van der Waals surface area contributed by atoms with Crippen molar-refractivity contribution in [2.45, 2.75) is 19.3 Å². The Labute approximate surface area is 68.4 Å². The minimum absolute atomic E-state index is 0.812. The zero-order valence-corrected chi connectivity index (χ0v) is 7.11. The van der Waals surface area contributed by atoms with Crippen LogP contribution in [0.15, 0.2) is 24.3 Å². The molecule has 0 fully saturated rings. The lowest BCUT2D eigenvalue weighted by molar-refractivity contribution is 0.528. The summed E-state index contributed by atoms with van der Waals surface area (Å²) in [5.41, 5.74) is 1.41. The van der Waals surface area contributed by atoms with Crippen LogP contribution in [0.5, 0.6) is 0 Å². The standard InChI is InChI=1S/C9H14S/c1-2-8-3-5-9(7-10)6-4-8/h2-3,9-10H,1,4-7H2. The molecule has 0 saturated carbocycles. The second-order valence-electron chi connectivity index (χ2n) is 2.81. The van der Waals surface area contributed by atoms with Crippen LogP contribution in [0.1, 0.15) is 19.3 Å². The highest BCUT2D eigenvalue weighted by molar-refractivity contribution is 7.80. The highest BCUT2D eigenvalue weighted by atomic mass is 32.1. The van der Waals surface area contributed by atoms with Gasteiger partial charge < -0.3 is 0 Å². The maximum atomic E-state index is 4.27. The molecule has 0 spiro atoms. The van der Waals surface area contributed by atoms with E-state index >= 15 is 0 Å². The van der Waals surface area contributed by atoms with Crippen LogP contribution in [-0.4, -0.2) is 5.75 Å². The van der Waals surface area contributed by atoms with Crippen molar-refractivity contribution in [3.63, 3.8) is 0 Å². The summed E-state index contributed by atoms with van der Waals surface area (Å²) < 4.78 is 0. The first-order chi connectivity index (χ1) is 4.86. The molecule has 0 aromatic rings. The summed E-state index contributed by atoms with van der Waals surface area (Å²) >= 11 is 4.27. The zero-order chi connectivity index (χ0) is 7.40. The van der Waals surface area contributed by atoms with Crippen molar-refractivity contribution in [3.8, 4) is 0 Å². The first kappa shape index (κ1) is 7.93. The lowest BCUT2D eigenvalue weighted by Gasteiger charge is -2.17. The summed E-state index contributed by atoms with van der Waals surface area (Å²) in [7, 11) is 0. The number of allylic oxidation sites excluding steroid dienone is 3. The fourth-order valence-corrected chi connectivity index (χ4v) is 1.59. The third kappa shape index (κ3) is 1.91. The van der Waals surface area contributed by atoms with Crippen LogP contribution < -0.4 is 0 Å². The van der Waals surface area contributed by atoms with E-state index < -0.39 is 0 Å². The maximum Gasteiger partial charge on any atom is -0.00664 e. The fourth-order valence-electron chi connectivity index (χ4n) is 1.26. The molecular weight excluding hydrogens is 140 g/mol. The predicted octanol–water partition coefficient (Wildman–Crippen LogP) is 2.83. The highest BCUT2D eigenvalue weighted by Crippen LogP contribution is 2.24. The lowest BCUT2D eigenvalue weighted by atomic mass is 9.91. The van der Waals surface area contributed by atoms with Crippen LogP contribution in [0.25, 0.3) is 0 Å². The van der Waals surface area contributed by atoms with Gasteiger partial charge in [-0.1, -0.05) is 24.3 Å². The third-order valence-corrected chi connectivity index (χ3v) is 2.59. The molecule has 0 N–H and O–H groups in total. The van der Waals surface area contributed by atoms with E-state index in [4.69, 9.17) is 0 Å². The quantitative estimate of drug-likeness (QED) is 0.581. The van der Waals surface area contributed by atoms with Crippen LogP contribution in [-0.2, 0) is 0 Å². The van der Waals surface area contributed by atoms with Gasteiger partial charge in [0, 0.05) is 0 Å². The Morgan fingerprint density at radius 1 is 1.80 bits per heavy atom.